The maximum absolute atomic E-state index is 13.1. The van der Waals surface area contributed by atoms with Crippen molar-refractivity contribution in [3.05, 3.63) is 71.9 Å². The minimum absolute atomic E-state index is 0.0792. The Hall–Kier alpha value is -3.02. The predicted molar refractivity (Wildman–Crippen MR) is 78.3 cm³/mol. The van der Waals surface area contributed by atoms with E-state index in [0.29, 0.717) is 5.69 Å². The number of benzene rings is 2. The van der Waals surface area contributed by atoms with Crippen LogP contribution in [0.3, 0.4) is 0 Å². The van der Waals surface area contributed by atoms with Crippen molar-refractivity contribution < 1.29 is 13.6 Å². The van der Waals surface area contributed by atoms with E-state index in [0.717, 1.165) is 29.5 Å². The monoisotopic (exact) mass is 299 g/mol. The Bertz CT molecular complexity index is 796. The van der Waals surface area contributed by atoms with E-state index in [1.54, 1.807) is 30.5 Å². The number of aromatic amines is 1. The lowest BCUT2D eigenvalue weighted by Gasteiger charge is -2.07. The highest BCUT2D eigenvalue weighted by molar-refractivity contribution is 6.04. The van der Waals surface area contributed by atoms with E-state index in [1.807, 2.05) is 6.07 Å². The molecule has 110 valence electrons. The zero-order valence-corrected chi connectivity index (χ0v) is 11.3. The summed E-state index contributed by atoms with van der Waals surface area (Å²) in [5, 5.41) is 9.29. The molecule has 0 aliphatic carbocycles. The first kappa shape index (κ1) is 13.9. The summed E-state index contributed by atoms with van der Waals surface area (Å²) in [6.07, 6.45) is 1.62. The second-order valence-electron chi connectivity index (χ2n) is 4.66. The molecule has 1 heterocycles. The molecule has 0 aliphatic heterocycles. The summed E-state index contributed by atoms with van der Waals surface area (Å²) >= 11 is 0. The van der Waals surface area contributed by atoms with Crippen LogP contribution in [-0.2, 0) is 0 Å². The molecule has 0 saturated carbocycles. The summed E-state index contributed by atoms with van der Waals surface area (Å²) in [7, 11) is 0. The minimum atomic E-state index is -0.795. The predicted octanol–water partition coefficient (Wildman–Crippen LogP) is 3.61. The lowest BCUT2D eigenvalue weighted by Crippen LogP contribution is -2.12. The fourth-order valence-corrected chi connectivity index (χ4v) is 2.07. The Labute approximate surface area is 124 Å². The Morgan fingerprint density at radius 2 is 1.82 bits per heavy atom. The van der Waals surface area contributed by atoms with E-state index in [9.17, 15) is 13.6 Å². The molecule has 0 unspecified atom stereocenters. The van der Waals surface area contributed by atoms with Crippen LogP contribution in [0, 0.1) is 11.6 Å². The fraction of sp³-hybridized carbons (Fsp3) is 0. The van der Waals surface area contributed by atoms with Gasteiger partial charge < -0.3 is 5.32 Å². The summed E-state index contributed by atoms with van der Waals surface area (Å²) in [5.74, 6) is -2.17. The molecule has 0 spiro atoms. The summed E-state index contributed by atoms with van der Waals surface area (Å²) in [6.45, 7) is 0. The van der Waals surface area contributed by atoms with E-state index in [4.69, 9.17) is 0 Å². The summed E-state index contributed by atoms with van der Waals surface area (Å²) in [6, 6.07) is 11.5. The number of carbonyl (C=O) groups is 1. The van der Waals surface area contributed by atoms with Crippen molar-refractivity contribution in [1.29, 1.82) is 0 Å². The molecular weight excluding hydrogens is 288 g/mol. The zero-order chi connectivity index (χ0) is 15.5. The van der Waals surface area contributed by atoms with Crippen molar-refractivity contribution in [2.24, 2.45) is 0 Å². The van der Waals surface area contributed by atoms with E-state index in [2.05, 4.69) is 15.5 Å². The van der Waals surface area contributed by atoms with Crippen LogP contribution in [-0.4, -0.2) is 16.1 Å². The van der Waals surface area contributed by atoms with Crippen LogP contribution in [0.4, 0.5) is 14.5 Å². The summed E-state index contributed by atoms with van der Waals surface area (Å²) in [4.78, 5) is 12.1. The van der Waals surface area contributed by atoms with Gasteiger partial charge in [-0.25, -0.2) is 8.78 Å². The van der Waals surface area contributed by atoms with Gasteiger partial charge in [0.2, 0.25) is 0 Å². The normalized spacial score (nSPS) is 10.5. The van der Waals surface area contributed by atoms with Crippen molar-refractivity contribution >= 4 is 11.6 Å². The van der Waals surface area contributed by atoms with Crippen molar-refractivity contribution in [3.63, 3.8) is 0 Å². The fourth-order valence-electron chi connectivity index (χ4n) is 2.07. The Kier molecular flexibility index (Phi) is 3.65. The van der Waals surface area contributed by atoms with Crippen LogP contribution in [0.15, 0.2) is 54.7 Å². The maximum Gasteiger partial charge on any atom is 0.255 e. The molecule has 3 aromatic rings. The largest absolute Gasteiger partial charge is 0.322 e. The third-order valence-electron chi connectivity index (χ3n) is 3.06. The molecule has 22 heavy (non-hydrogen) atoms. The van der Waals surface area contributed by atoms with E-state index in [1.165, 1.54) is 0 Å². The number of carbonyl (C=O) groups excluding carboxylic acids is 1. The molecule has 0 bridgehead atoms. The maximum atomic E-state index is 13.1. The van der Waals surface area contributed by atoms with Gasteiger partial charge in [-0.2, -0.15) is 5.10 Å². The standard InChI is InChI=1S/C16H11F2N3O/c17-12-6-11(7-13(18)9-12)16(22)20-14-3-1-2-10(8-14)15-4-5-19-21-15/h1-9H,(H,19,21)(H,20,22). The highest BCUT2D eigenvalue weighted by Gasteiger charge is 2.10. The smallest absolute Gasteiger partial charge is 0.255 e. The van der Waals surface area contributed by atoms with Gasteiger partial charge in [0.1, 0.15) is 11.6 Å². The van der Waals surface area contributed by atoms with Gasteiger partial charge in [0.05, 0.1) is 5.69 Å². The third kappa shape index (κ3) is 3.01. The lowest BCUT2D eigenvalue weighted by atomic mass is 10.1. The molecule has 6 heteroatoms. The molecule has 1 aromatic heterocycles. The number of aromatic nitrogens is 2. The average molecular weight is 299 g/mol. The molecule has 3 rings (SSSR count). The van der Waals surface area contributed by atoms with Gasteiger partial charge in [0.25, 0.3) is 5.91 Å². The van der Waals surface area contributed by atoms with Gasteiger partial charge in [-0.1, -0.05) is 12.1 Å². The summed E-state index contributed by atoms with van der Waals surface area (Å²) in [5.41, 5.74) is 2.07. The molecule has 2 aromatic carbocycles. The minimum Gasteiger partial charge on any atom is -0.322 e. The van der Waals surface area contributed by atoms with Crippen molar-refractivity contribution in [2.75, 3.05) is 5.32 Å². The van der Waals surface area contributed by atoms with Crippen LogP contribution in [0.1, 0.15) is 10.4 Å². The van der Waals surface area contributed by atoms with E-state index in [-0.39, 0.29) is 5.56 Å². The third-order valence-corrected chi connectivity index (χ3v) is 3.06. The van der Waals surface area contributed by atoms with Crippen LogP contribution < -0.4 is 5.32 Å². The molecule has 0 fully saturated rings. The second kappa shape index (κ2) is 5.77. The number of hydrogen-bond donors (Lipinski definition) is 2. The first-order valence-electron chi connectivity index (χ1n) is 6.49. The van der Waals surface area contributed by atoms with Gasteiger partial charge in [0.15, 0.2) is 0 Å². The van der Waals surface area contributed by atoms with Crippen molar-refractivity contribution in [3.8, 4) is 11.3 Å². The van der Waals surface area contributed by atoms with E-state index < -0.39 is 17.5 Å². The average Bonchev–Trinajstić information content (AvgIpc) is 3.00. The molecule has 0 atom stereocenters. The van der Waals surface area contributed by atoms with Crippen LogP contribution in [0.2, 0.25) is 0 Å². The zero-order valence-electron chi connectivity index (χ0n) is 11.3. The number of amides is 1. The molecule has 2 N–H and O–H groups in total. The van der Waals surface area contributed by atoms with Crippen LogP contribution in [0.5, 0.6) is 0 Å². The molecule has 4 nitrogen and oxygen atoms in total. The quantitative estimate of drug-likeness (QED) is 0.776. The topological polar surface area (TPSA) is 57.8 Å². The Morgan fingerprint density at radius 1 is 1.05 bits per heavy atom. The lowest BCUT2D eigenvalue weighted by molar-refractivity contribution is 0.102. The molecular formula is C16H11F2N3O. The number of halogens is 2. The number of anilines is 1. The van der Waals surface area contributed by atoms with Gasteiger partial charge in [-0.05, 0) is 30.3 Å². The van der Waals surface area contributed by atoms with Gasteiger partial charge in [0, 0.05) is 29.1 Å². The van der Waals surface area contributed by atoms with E-state index >= 15 is 0 Å². The van der Waals surface area contributed by atoms with Crippen molar-refractivity contribution in [2.45, 2.75) is 0 Å². The van der Waals surface area contributed by atoms with Gasteiger partial charge in [-0.3, -0.25) is 9.89 Å². The second-order valence-corrected chi connectivity index (χ2v) is 4.66. The number of hydrogen-bond acceptors (Lipinski definition) is 2. The summed E-state index contributed by atoms with van der Waals surface area (Å²) < 4.78 is 26.3. The number of H-pyrrole nitrogens is 1. The SMILES string of the molecule is O=C(Nc1cccc(-c2ccn[nH]2)c1)c1cc(F)cc(F)c1. The van der Waals surface area contributed by atoms with Gasteiger partial charge in [-0.15, -0.1) is 0 Å². The van der Waals surface area contributed by atoms with Gasteiger partial charge >= 0.3 is 0 Å². The number of nitrogens with zero attached hydrogens (tertiary/aromatic N) is 1. The molecule has 1 amide bonds. The Balaban J connectivity index is 1.84. The number of nitrogens with one attached hydrogen (secondary N) is 2. The molecule has 0 radical (unpaired) electrons. The molecule has 0 aliphatic rings. The number of rotatable bonds is 3. The van der Waals surface area contributed by atoms with Crippen molar-refractivity contribution in [1.82, 2.24) is 10.2 Å². The highest BCUT2D eigenvalue weighted by atomic mass is 19.1. The molecule has 0 saturated heterocycles. The highest BCUT2D eigenvalue weighted by Crippen LogP contribution is 2.21. The first-order chi connectivity index (χ1) is 10.6. The Morgan fingerprint density at radius 3 is 2.50 bits per heavy atom. The first-order valence-corrected chi connectivity index (χ1v) is 6.49. The van der Waals surface area contributed by atoms with Crippen LogP contribution in [0.25, 0.3) is 11.3 Å². The van der Waals surface area contributed by atoms with Crippen LogP contribution >= 0.6 is 0 Å².